The van der Waals surface area contributed by atoms with Gasteiger partial charge in [0.15, 0.2) is 0 Å². The van der Waals surface area contributed by atoms with E-state index in [2.05, 4.69) is 0 Å². The Bertz CT molecular complexity index is 931. The highest BCUT2D eigenvalue weighted by Gasteiger charge is 2.37. The summed E-state index contributed by atoms with van der Waals surface area (Å²) in [7, 11) is 0. The summed E-state index contributed by atoms with van der Waals surface area (Å²) in [6.45, 7) is 1.43. The summed E-state index contributed by atoms with van der Waals surface area (Å²) in [6.07, 6.45) is -1.43. The summed E-state index contributed by atoms with van der Waals surface area (Å²) in [5.41, 5.74) is 0.632. The molecule has 0 bridgehead atoms. The first-order valence-corrected chi connectivity index (χ1v) is 8.85. The van der Waals surface area contributed by atoms with Crippen LogP contribution in [0.3, 0.4) is 0 Å². The number of non-ortho nitro benzene ring substituents is 1. The Balaban J connectivity index is 1.61. The second-order valence-corrected chi connectivity index (χ2v) is 6.83. The van der Waals surface area contributed by atoms with Crippen molar-refractivity contribution in [3.63, 3.8) is 0 Å². The van der Waals surface area contributed by atoms with Crippen LogP contribution in [0.25, 0.3) is 0 Å². The third-order valence-corrected chi connectivity index (χ3v) is 4.69. The lowest BCUT2D eigenvalue weighted by atomic mass is 10.1. The van der Waals surface area contributed by atoms with Gasteiger partial charge >= 0.3 is 0 Å². The highest BCUT2D eigenvalue weighted by molar-refractivity contribution is 6.30. The lowest BCUT2D eigenvalue weighted by Gasteiger charge is -2.20. The summed E-state index contributed by atoms with van der Waals surface area (Å²) < 4.78 is 5.61. The van der Waals surface area contributed by atoms with Crippen molar-refractivity contribution in [1.29, 1.82) is 0 Å². The molecule has 1 heterocycles. The van der Waals surface area contributed by atoms with Gasteiger partial charge in [-0.2, -0.15) is 0 Å². The van der Waals surface area contributed by atoms with Crippen molar-refractivity contribution in [1.82, 2.24) is 4.90 Å². The van der Waals surface area contributed by atoms with E-state index in [1.807, 2.05) is 0 Å². The molecular formula is C19H17ClN2O6. The number of ether oxygens (including phenoxy) is 1. The number of fused-ring (bicyclic) bond motifs is 1. The molecule has 28 heavy (non-hydrogen) atoms. The number of benzene rings is 2. The zero-order chi connectivity index (χ0) is 20.4. The number of hydrogen-bond donors (Lipinski definition) is 1. The van der Waals surface area contributed by atoms with Crippen LogP contribution < -0.4 is 0 Å². The summed E-state index contributed by atoms with van der Waals surface area (Å²) in [6, 6.07) is 10.5. The second kappa shape index (κ2) is 8.05. The van der Waals surface area contributed by atoms with E-state index in [1.165, 1.54) is 12.1 Å². The molecule has 0 saturated carbocycles. The minimum atomic E-state index is -1.10. The minimum absolute atomic E-state index is 0.0400. The first kappa shape index (κ1) is 19.9. The number of imide groups is 1. The number of nitro groups is 1. The molecule has 0 spiro atoms. The van der Waals surface area contributed by atoms with E-state index >= 15 is 0 Å². The number of carbonyl (C=O) groups is 2. The van der Waals surface area contributed by atoms with E-state index in [0.717, 1.165) is 16.5 Å². The largest absolute Gasteiger partial charge is 0.389 e. The molecule has 2 aromatic rings. The van der Waals surface area contributed by atoms with Crippen LogP contribution in [0.2, 0.25) is 5.02 Å². The third kappa shape index (κ3) is 4.04. The number of aliphatic hydroxyl groups is 1. The molecule has 2 atom stereocenters. The van der Waals surface area contributed by atoms with Crippen molar-refractivity contribution in [2.24, 2.45) is 0 Å². The maximum Gasteiger partial charge on any atom is 0.270 e. The molecule has 0 saturated heterocycles. The van der Waals surface area contributed by atoms with Crippen LogP contribution >= 0.6 is 11.6 Å². The number of rotatable bonds is 7. The summed E-state index contributed by atoms with van der Waals surface area (Å²) in [5, 5.41) is 21.7. The fraction of sp³-hybridized carbons (Fsp3) is 0.263. The lowest BCUT2D eigenvalue weighted by Crippen LogP contribution is -2.38. The highest BCUT2D eigenvalue weighted by atomic mass is 35.5. The van der Waals surface area contributed by atoms with Crippen LogP contribution in [0.15, 0.2) is 42.5 Å². The molecule has 9 heteroatoms. The molecule has 8 nitrogen and oxygen atoms in total. The molecule has 0 radical (unpaired) electrons. The molecule has 0 fully saturated rings. The van der Waals surface area contributed by atoms with Crippen LogP contribution in [0.5, 0.6) is 0 Å². The molecule has 3 rings (SSSR count). The van der Waals surface area contributed by atoms with E-state index in [1.54, 1.807) is 31.2 Å². The van der Waals surface area contributed by atoms with Crippen molar-refractivity contribution in [2.45, 2.75) is 19.1 Å². The van der Waals surface area contributed by atoms with Gasteiger partial charge in [0.1, 0.15) is 0 Å². The number of carbonyl (C=O) groups excluding carboxylic acids is 2. The zero-order valence-electron chi connectivity index (χ0n) is 14.9. The standard InChI is InChI=1S/C19H17ClN2O6/c1-11(12-2-4-13(20)5-3-12)28-10-15(23)9-21-18(24)16-7-6-14(22(26)27)8-17(16)19(21)25/h2-8,11,15,23H,9-10H2,1H3/t11-,15+/m1/s1. The average Bonchev–Trinajstić information content (AvgIpc) is 2.91. The van der Waals surface area contributed by atoms with Gasteiger partial charge in [0.25, 0.3) is 17.5 Å². The fourth-order valence-corrected chi connectivity index (χ4v) is 3.03. The molecule has 0 aliphatic carbocycles. The van der Waals surface area contributed by atoms with Gasteiger partial charge in [-0.1, -0.05) is 23.7 Å². The quantitative estimate of drug-likeness (QED) is 0.431. The maximum atomic E-state index is 12.4. The smallest absolute Gasteiger partial charge is 0.270 e. The van der Waals surface area contributed by atoms with E-state index < -0.39 is 22.8 Å². The van der Waals surface area contributed by atoms with Gasteiger partial charge in [0, 0.05) is 17.2 Å². The van der Waals surface area contributed by atoms with Crippen molar-refractivity contribution < 1.29 is 24.4 Å². The molecule has 1 aliphatic rings. The highest BCUT2D eigenvalue weighted by Crippen LogP contribution is 2.27. The maximum absolute atomic E-state index is 12.4. The van der Waals surface area contributed by atoms with Gasteiger partial charge < -0.3 is 9.84 Å². The molecule has 2 aromatic carbocycles. The van der Waals surface area contributed by atoms with Crippen molar-refractivity contribution >= 4 is 29.1 Å². The summed E-state index contributed by atoms with van der Waals surface area (Å²) >= 11 is 5.84. The number of β-amino-alcohol motifs (C(OH)–C–C–N with tert-alkyl or cyclic N) is 1. The summed E-state index contributed by atoms with van der Waals surface area (Å²) in [5.74, 6) is -1.27. The Morgan fingerprint density at radius 2 is 1.79 bits per heavy atom. The predicted octanol–water partition coefficient (Wildman–Crippen LogP) is 2.98. The minimum Gasteiger partial charge on any atom is -0.389 e. The number of hydrogen-bond acceptors (Lipinski definition) is 6. The lowest BCUT2D eigenvalue weighted by molar-refractivity contribution is -0.384. The predicted molar refractivity (Wildman–Crippen MR) is 100 cm³/mol. The second-order valence-electron chi connectivity index (χ2n) is 6.39. The molecular weight excluding hydrogens is 388 g/mol. The third-order valence-electron chi connectivity index (χ3n) is 4.44. The number of nitro benzene ring substituents is 1. The molecule has 146 valence electrons. The Hall–Kier alpha value is -2.81. The van der Waals surface area contributed by atoms with E-state index in [4.69, 9.17) is 16.3 Å². The van der Waals surface area contributed by atoms with Crippen molar-refractivity contribution in [2.75, 3.05) is 13.2 Å². The van der Waals surface area contributed by atoms with Crippen LogP contribution in [0.1, 0.15) is 39.3 Å². The van der Waals surface area contributed by atoms with E-state index in [0.29, 0.717) is 5.02 Å². The molecule has 1 N–H and O–H groups in total. The molecule has 2 amide bonds. The van der Waals surface area contributed by atoms with Gasteiger partial charge in [-0.05, 0) is 30.7 Å². The summed E-state index contributed by atoms with van der Waals surface area (Å²) in [4.78, 5) is 35.9. The van der Waals surface area contributed by atoms with Crippen LogP contribution in [-0.4, -0.2) is 46.0 Å². The number of nitrogens with zero attached hydrogens (tertiary/aromatic N) is 2. The van der Waals surface area contributed by atoms with Crippen LogP contribution in [-0.2, 0) is 4.74 Å². The first-order valence-electron chi connectivity index (χ1n) is 8.47. The molecule has 0 unspecified atom stereocenters. The molecule has 1 aliphatic heterocycles. The number of amides is 2. The average molecular weight is 405 g/mol. The Kier molecular flexibility index (Phi) is 5.73. The van der Waals surface area contributed by atoms with Crippen molar-refractivity contribution in [3.05, 3.63) is 74.3 Å². The fourth-order valence-electron chi connectivity index (χ4n) is 2.91. The molecule has 0 aromatic heterocycles. The number of halogens is 1. The normalized spacial score (nSPS) is 15.5. The first-order chi connectivity index (χ1) is 13.3. The van der Waals surface area contributed by atoms with E-state index in [-0.39, 0.29) is 36.1 Å². The van der Waals surface area contributed by atoms with Gasteiger partial charge in [-0.25, -0.2) is 0 Å². The topological polar surface area (TPSA) is 110 Å². The van der Waals surface area contributed by atoms with E-state index in [9.17, 15) is 24.8 Å². The van der Waals surface area contributed by atoms with Gasteiger partial charge in [0.05, 0.1) is 41.4 Å². The van der Waals surface area contributed by atoms with Crippen LogP contribution in [0, 0.1) is 10.1 Å². The Morgan fingerprint density at radius 1 is 1.14 bits per heavy atom. The Morgan fingerprint density at radius 3 is 2.43 bits per heavy atom. The SMILES string of the molecule is C[C@@H](OC[C@@H](O)CN1C(=O)c2ccc([N+](=O)[O-])cc2C1=O)c1ccc(Cl)cc1. The van der Waals surface area contributed by atoms with Gasteiger partial charge in [-0.15, -0.1) is 0 Å². The van der Waals surface area contributed by atoms with Gasteiger partial charge in [-0.3, -0.25) is 24.6 Å². The van der Waals surface area contributed by atoms with Crippen molar-refractivity contribution in [3.8, 4) is 0 Å². The number of aliphatic hydroxyl groups excluding tert-OH is 1. The van der Waals surface area contributed by atoms with Crippen LogP contribution in [0.4, 0.5) is 5.69 Å². The monoisotopic (exact) mass is 404 g/mol. The Labute approximate surface area is 165 Å². The van der Waals surface area contributed by atoms with Gasteiger partial charge in [0.2, 0.25) is 0 Å². The zero-order valence-corrected chi connectivity index (χ0v) is 15.6.